The van der Waals surface area contributed by atoms with Crippen molar-refractivity contribution in [3.05, 3.63) is 38.9 Å². The minimum absolute atomic E-state index is 0.116. The Hall–Kier alpha value is -0.670. The molecule has 110 valence electrons. The number of furan rings is 1. The molecular weight excluding hydrogens is 364 g/mol. The van der Waals surface area contributed by atoms with Gasteiger partial charge in [-0.3, -0.25) is 0 Å². The Kier molecular flexibility index (Phi) is 5.03. The summed E-state index contributed by atoms with van der Waals surface area (Å²) in [4.78, 5) is 0.116. The van der Waals surface area contributed by atoms with E-state index in [1.54, 1.807) is 7.05 Å². The molecule has 0 aliphatic rings. The lowest BCUT2D eigenvalue weighted by Crippen LogP contribution is -2.26. The van der Waals surface area contributed by atoms with E-state index in [2.05, 4.69) is 26.0 Å². The Morgan fingerprint density at radius 3 is 2.85 bits per heavy atom. The van der Waals surface area contributed by atoms with Crippen LogP contribution in [0.5, 0.6) is 0 Å². The molecule has 0 amide bonds. The quantitative estimate of drug-likeness (QED) is 0.810. The lowest BCUT2D eigenvalue weighted by atomic mass is 10.2. The van der Waals surface area contributed by atoms with Gasteiger partial charge in [-0.15, -0.1) is 0 Å². The van der Waals surface area contributed by atoms with Gasteiger partial charge in [-0.2, -0.15) is 11.3 Å². The Balaban J connectivity index is 2.22. The fourth-order valence-corrected chi connectivity index (χ4v) is 4.71. The Morgan fingerprint density at radius 2 is 2.25 bits per heavy atom. The van der Waals surface area contributed by atoms with Crippen molar-refractivity contribution in [1.82, 2.24) is 10.0 Å². The molecular formula is C12H15BrN2O3S2. The van der Waals surface area contributed by atoms with E-state index in [4.69, 9.17) is 4.42 Å². The van der Waals surface area contributed by atoms with E-state index in [-0.39, 0.29) is 15.6 Å². The smallest absolute Gasteiger partial charge is 0.245 e. The van der Waals surface area contributed by atoms with E-state index in [0.717, 1.165) is 5.56 Å². The van der Waals surface area contributed by atoms with Crippen LogP contribution in [0.15, 0.2) is 36.9 Å². The zero-order chi connectivity index (χ0) is 14.8. The highest BCUT2D eigenvalue weighted by Crippen LogP contribution is 2.27. The summed E-state index contributed by atoms with van der Waals surface area (Å²) in [6.45, 7) is 2.27. The summed E-state index contributed by atoms with van der Waals surface area (Å²) in [6.07, 6.45) is 0. The maximum Gasteiger partial charge on any atom is 0.245 e. The van der Waals surface area contributed by atoms with Crippen LogP contribution in [0.2, 0.25) is 0 Å². The van der Waals surface area contributed by atoms with Crippen LogP contribution in [-0.2, 0) is 16.6 Å². The average molecular weight is 379 g/mol. The van der Waals surface area contributed by atoms with Crippen molar-refractivity contribution in [1.29, 1.82) is 0 Å². The summed E-state index contributed by atoms with van der Waals surface area (Å²) in [5.41, 5.74) is 0.939. The standard InChI is InChI=1S/C12H15BrN2O3S2/c1-8(9-3-4-19-7-9)15-20(16,17)11-5-10(6-14-2)18-12(11)13/h3-5,7-8,14-15H,6H2,1-2H3. The van der Waals surface area contributed by atoms with E-state index >= 15 is 0 Å². The molecule has 1 unspecified atom stereocenters. The van der Waals surface area contributed by atoms with E-state index < -0.39 is 10.0 Å². The zero-order valence-electron chi connectivity index (χ0n) is 11.0. The molecule has 5 nitrogen and oxygen atoms in total. The fraction of sp³-hybridized carbons (Fsp3) is 0.333. The van der Waals surface area contributed by atoms with Crippen molar-refractivity contribution in [3.63, 3.8) is 0 Å². The van der Waals surface area contributed by atoms with Gasteiger partial charge in [0.2, 0.25) is 10.0 Å². The summed E-state index contributed by atoms with van der Waals surface area (Å²) in [5, 5.41) is 6.75. The second-order valence-corrected chi connectivity index (χ2v) is 7.46. The molecule has 2 rings (SSSR count). The first kappa shape index (κ1) is 15.7. The van der Waals surface area contributed by atoms with Crippen molar-refractivity contribution in [2.75, 3.05) is 7.05 Å². The molecule has 0 aliphatic heterocycles. The second kappa shape index (κ2) is 6.40. The van der Waals surface area contributed by atoms with E-state index in [1.165, 1.54) is 17.4 Å². The first-order chi connectivity index (χ1) is 9.44. The summed E-state index contributed by atoms with van der Waals surface area (Å²) in [7, 11) is -1.86. The molecule has 0 radical (unpaired) electrons. The number of halogens is 1. The normalized spacial score (nSPS) is 13.6. The van der Waals surface area contributed by atoms with Gasteiger partial charge >= 0.3 is 0 Å². The molecule has 0 bridgehead atoms. The summed E-state index contributed by atoms with van der Waals surface area (Å²) in [6, 6.07) is 3.12. The molecule has 0 saturated carbocycles. The average Bonchev–Trinajstić information content (AvgIpc) is 2.98. The van der Waals surface area contributed by atoms with Crippen molar-refractivity contribution in [2.45, 2.75) is 24.4 Å². The van der Waals surface area contributed by atoms with Gasteiger partial charge < -0.3 is 9.73 Å². The van der Waals surface area contributed by atoms with Crippen molar-refractivity contribution >= 4 is 37.3 Å². The molecule has 0 spiro atoms. The van der Waals surface area contributed by atoms with Crippen molar-refractivity contribution < 1.29 is 12.8 Å². The molecule has 2 aromatic rings. The van der Waals surface area contributed by atoms with Crippen LogP contribution in [0.1, 0.15) is 24.3 Å². The predicted molar refractivity (Wildman–Crippen MR) is 82.2 cm³/mol. The van der Waals surface area contributed by atoms with Gasteiger partial charge in [0.25, 0.3) is 0 Å². The predicted octanol–water partition coefficient (Wildman–Crippen LogP) is 2.86. The van der Waals surface area contributed by atoms with E-state index in [9.17, 15) is 8.42 Å². The first-order valence-electron chi connectivity index (χ1n) is 5.91. The Morgan fingerprint density at radius 1 is 1.50 bits per heavy atom. The van der Waals surface area contributed by atoms with Crippen LogP contribution in [0.4, 0.5) is 0 Å². The number of rotatable bonds is 6. The molecule has 0 aromatic carbocycles. The van der Waals surface area contributed by atoms with Crippen LogP contribution in [0, 0.1) is 0 Å². The maximum atomic E-state index is 12.4. The molecule has 0 fully saturated rings. The highest BCUT2D eigenvalue weighted by atomic mass is 79.9. The molecule has 0 saturated heterocycles. The van der Waals surface area contributed by atoms with Crippen LogP contribution >= 0.6 is 27.3 Å². The largest absolute Gasteiger partial charge is 0.452 e. The fourth-order valence-electron chi connectivity index (χ4n) is 1.73. The maximum absolute atomic E-state index is 12.4. The summed E-state index contributed by atoms with van der Waals surface area (Å²) in [5.74, 6) is 0.558. The van der Waals surface area contributed by atoms with Crippen molar-refractivity contribution in [3.8, 4) is 0 Å². The minimum Gasteiger partial charge on any atom is -0.452 e. The number of thiophene rings is 1. The molecule has 1 atom stereocenters. The third-order valence-electron chi connectivity index (χ3n) is 2.72. The lowest BCUT2D eigenvalue weighted by molar-refractivity contribution is 0.470. The second-order valence-electron chi connectivity index (χ2n) is 4.28. The zero-order valence-corrected chi connectivity index (χ0v) is 14.2. The first-order valence-corrected chi connectivity index (χ1v) is 9.13. The monoisotopic (exact) mass is 378 g/mol. The molecule has 0 aliphatic carbocycles. The SMILES string of the molecule is CNCc1cc(S(=O)(=O)NC(C)c2ccsc2)c(Br)o1. The van der Waals surface area contributed by atoms with Gasteiger partial charge in [0.1, 0.15) is 10.7 Å². The highest BCUT2D eigenvalue weighted by molar-refractivity contribution is 9.10. The van der Waals surface area contributed by atoms with E-state index in [1.807, 2.05) is 23.8 Å². The Labute approximate surface area is 130 Å². The third-order valence-corrected chi connectivity index (χ3v) is 5.82. The Bertz CT molecular complexity index is 665. The topological polar surface area (TPSA) is 71.3 Å². The molecule has 8 heteroatoms. The van der Waals surface area contributed by atoms with Gasteiger partial charge in [-0.05, 0) is 52.3 Å². The van der Waals surface area contributed by atoms with Gasteiger partial charge in [0.05, 0.1) is 6.54 Å². The summed E-state index contributed by atoms with van der Waals surface area (Å²) < 4.78 is 32.9. The van der Waals surface area contributed by atoms with Gasteiger partial charge in [0.15, 0.2) is 4.67 Å². The van der Waals surface area contributed by atoms with Crippen LogP contribution in [0.3, 0.4) is 0 Å². The van der Waals surface area contributed by atoms with Crippen LogP contribution in [0.25, 0.3) is 0 Å². The molecule has 2 heterocycles. The van der Waals surface area contributed by atoms with Gasteiger partial charge in [-0.25, -0.2) is 13.1 Å². The summed E-state index contributed by atoms with van der Waals surface area (Å²) >= 11 is 4.68. The molecule has 2 aromatic heterocycles. The molecule has 20 heavy (non-hydrogen) atoms. The minimum atomic E-state index is -3.63. The third kappa shape index (κ3) is 3.50. The number of hydrogen-bond acceptors (Lipinski definition) is 5. The highest BCUT2D eigenvalue weighted by Gasteiger charge is 2.24. The number of sulfonamides is 1. The molecule has 2 N–H and O–H groups in total. The van der Waals surface area contributed by atoms with E-state index in [0.29, 0.717) is 12.3 Å². The van der Waals surface area contributed by atoms with Crippen molar-refractivity contribution in [2.24, 2.45) is 0 Å². The lowest BCUT2D eigenvalue weighted by Gasteiger charge is -2.12. The van der Waals surface area contributed by atoms with Gasteiger partial charge in [0, 0.05) is 12.1 Å². The van der Waals surface area contributed by atoms with Crippen LogP contribution in [-0.4, -0.2) is 15.5 Å². The number of nitrogens with one attached hydrogen (secondary N) is 2. The van der Waals surface area contributed by atoms with Gasteiger partial charge in [-0.1, -0.05) is 0 Å². The number of hydrogen-bond donors (Lipinski definition) is 2. The van der Waals surface area contributed by atoms with Crippen LogP contribution < -0.4 is 10.0 Å².